The van der Waals surface area contributed by atoms with Gasteiger partial charge in [-0.3, -0.25) is 9.69 Å². The van der Waals surface area contributed by atoms with E-state index in [-0.39, 0.29) is 36.3 Å². The van der Waals surface area contributed by atoms with E-state index in [0.717, 1.165) is 37.4 Å². The van der Waals surface area contributed by atoms with Crippen molar-refractivity contribution in [1.82, 2.24) is 15.5 Å². The van der Waals surface area contributed by atoms with Crippen LogP contribution in [0.1, 0.15) is 38.5 Å². The van der Waals surface area contributed by atoms with E-state index in [4.69, 9.17) is 0 Å². The number of piperidine rings is 1. The third-order valence-electron chi connectivity index (χ3n) is 6.33. The van der Waals surface area contributed by atoms with Gasteiger partial charge in [0.25, 0.3) is 0 Å². The normalized spacial score (nSPS) is 25.1. The van der Waals surface area contributed by atoms with Crippen LogP contribution in [0.25, 0.3) is 0 Å². The lowest BCUT2D eigenvalue weighted by atomic mass is 9.92. The zero-order valence-electron chi connectivity index (χ0n) is 16.0. The fourth-order valence-corrected chi connectivity index (χ4v) is 6.94. The molecule has 160 valence electrons. The Kier molecular flexibility index (Phi) is 9.70. The highest BCUT2D eigenvalue weighted by atomic mass is 35.5. The fraction of sp³-hybridized carbons (Fsp3) is 0.941. The Morgan fingerprint density at radius 3 is 2.15 bits per heavy atom. The van der Waals surface area contributed by atoms with Gasteiger partial charge in [0, 0.05) is 42.9 Å². The SMILES string of the molecule is CS(=O)(=O)C1(C(=O)NCC2(N3CCSCC3)CCCC2)CCNCC1.Cl.Cl. The minimum atomic E-state index is -3.45. The van der Waals surface area contributed by atoms with Crippen molar-refractivity contribution >= 4 is 52.3 Å². The topological polar surface area (TPSA) is 78.5 Å². The van der Waals surface area contributed by atoms with Gasteiger partial charge >= 0.3 is 0 Å². The van der Waals surface area contributed by atoms with Crippen LogP contribution in [0.15, 0.2) is 0 Å². The van der Waals surface area contributed by atoms with E-state index in [0.29, 0.717) is 32.5 Å². The van der Waals surface area contributed by atoms with Crippen LogP contribution in [0, 0.1) is 0 Å². The second kappa shape index (κ2) is 10.3. The predicted molar refractivity (Wildman–Crippen MR) is 117 cm³/mol. The Balaban J connectivity index is 0.00000182. The Bertz CT molecular complexity index is 586. The standard InChI is InChI=1S/C17H31N3O3S2.2ClH/c1-25(22,23)17(6-8-18-9-7-17)15(21)19-14-16(4-2-3-5-16)20-10-12-24-13-11-20;;/h18H,2-14H2,1H3,(H,19,21);2*1H. The number of halogens is 2. The van der Waals surface area contributed by atoms with Gasteiger partial charge in [0.05, 0.1) is 0 Å². The number of thioether (sulfide) groups is 1. The molecule has 0 aromatic rings. The summed E-state index contributed by atoms with van der Waals surface area (Å²) in [5, 5.41) is 6.25. The van der Waals surface area contributed by atoms with E-state index in [1.807, 2.05) is 11.8 Å². The van der Waals surface area contributed by atoms with Gasteiger partial charge < -0.3 is 10.6 Å². The van der Waals surface area contributed by atoms with Crippen molar-refractivity contribution in [2.24, 2.45) is 0 Å². The quantitative estimate of drug-likeness (QED) is 0.645. The summed E-state index contributed by atoms with van der Waals surface area (Å²) in [7, 11) is -3.45. The van der Waals surface area contributed by atoms with E-state index in [1.165, 1.54) is 19.1 Å². The van der Waals surface area contributed by atoms with Crippen LogP contribution >= 0.6 is 36.6 Å². The molecule has 0 radical (unpaired) electrons. The first-order chi connectivity index (χ1) is 11.9. The lowest BCUT2D eigenvalue weighted by molar-refractivity contribution is -0.125. The first-order valence-electron chi connectivity index (χ1n) is 9.41. The maximum atomic E-state index is 13.0. The minimum absolute atomic E-state index is 0. The summed E-state index contributed by atoms with van der Waals surface area (Å²) < 4.78 is 23.6. The summed E-state index contributed by atoms with van der Waals surface area (Å²) in [4.78, 5) is 15.6. The van der Waals surface area contributed by atoms with Gasteiger partial charge in [-0.05, 0) is 38.8 Å². The number of rotatable bonds is 5. The Morgan fingerprint density at radius 1 is 1.07 bits per heavy atom. The second-order valence-corrected chi connectivity index (χ2v) is 11.3. The summed E-state index contributed by atoms with van der Waals surface area (Å²) in [5.74, 6) is 2.01. The third-order valence-corrected chi connectivity index (χ3v) is 9.28. The first kappa shape index (κ1) is 25.3. The Hall–Kier alpha value is 0.270. The molecule has 0 unspecified atom stereocenters. The van der Waals surface area contributed by atoms with Crippen molar-refractivity contribution in [2.45, 2.75) is 48.8 Å². The van der Waals surface area contributed by atoms with Gasteiger partial charge in [-0.2, -0.15) is 11.8 Å². The molecule has 1 aliphatic carbocycles. The van der Waals surface area contributed by atoms with Crippen molar-refractivity contribution in [3.8, 4) is 0 Å². The van der Waals surface area contributed by atoms with Crippen molar-refractivity contribution < 1.29 is 13.2 Å². The number of amides is 1. The van der Waals surface area contributed by atoms with Crippen molar-refractivity contribution in [3.05, 3.63) is 0 Å². The highest BCUT2D eigenvalue weighted by Crippen LogP contribution is 2.37. The Labute approximate surface area is 180 Å². The number of hydrogen-bond donors (Lipinski definition) is 2. The van der Waals surface area contributed by atoms with Gasteiger partial charge in [0.1, 0.15) is 0 Å². The molecule has 0 aromatic heterocycles. The van der Waals surface area contributed by atoms with Gasteiger partial charge in [-0.1, -0.05) is 12.8 Å². The molecule has 3 fully saturated rings. The molecule has 0 atom stereocenters. The molecule has 3 rings (SSSR count). The molecule has 2 saturated heterocycles. The van der Waals surface area contributed by atoms with E-state index in [9.17, 15) is 13.2 Å². The largest absolute Gasteiger partial charge is 0.353 e. The van der Waals surface area contributed by atoms with E-state index < -0.39 is 14.6 Å². The summed E-state index contributed by atoms with van der Waals surface area (Å²) in [6, 6.07) is 0. The number of nitrogens with one attached hydrogen (secondary N) is 2. The van der Waals surface area contributed by atoms with E-state index in [2.05, 4.69) is 15.5 Å². The van der Waals surface area contributed by atoms with Gasteiger partial charge in [0.2, 0.25) is 5.91 Å². The molecule has 2 N–H and O–H groups in total. The third kappa shape index (κ3) is 5.25. The lowest BCUT2D eigenvalue weighted by Gasteiger charge is -2.44. The maximum absolute atomic E-state index is 13.0. The van der Waals surface area contributed by atoms with Crippen molar-refractivity contribution in [1.29, 1.82) is 0 Å². The van der Waals surface area contributed by atoms with Crippen molar-refractivity contribution in [2.75, 3.05) is 50.5 Å². The molecule has 3 aliphatic rings. The van der Waals surface area contributed by atoms with Crippen LogP contribution in [0.4, 0.5) is 0 Å². The highest BCUT2D eigenvalue weighted by molar-refractivity contribution is 7.99. The van der Waals surface area contributed by atoms with Crippen molar-refractivity contribution in [3.63, 3.8) is 0 Å². The summed E-state index contributed by atoms with van der Waals surface area (Å²) in [6.45, 7) is 3.88. The summed E-state index contributed by atoms with van der Waals surface area (Å²) in [6.07, 6.45) is 6.54. The number of carbonyl (C=O) groups is 1. The molecule has 0 spiro atoms. The zero-order valence-corrected chi connectivity index (χ0v) is 19.3. The molecule has 0 aromatic carbocycles. The molecule has 10 heteroatoms. The van der Waals surface area contributed by atoms with Crippen LogP contribution < -0.4 is 10.6 Å². The van der Waals surface area contributed by atoms with E-state index >= 15 is 0 Å². The molecule has 6 nitrogen and oxygen atoms in total. The van der Waals surface area contributed by atoms with Crippen LogP contribution in [0.3, 0.4) is 0 Å². The van der Waals surface area contributed by atoms with Crippen LogP contribution in [-0.4, -0.2) is 80.0 Å². The number of sulfone groups is 1. The van der Waals surface area contributed by atoms with Gasteiger partial charge in [-0.25, -0.2) is 8.42 Å². The second-order valence-electron chi connectivity index (χ2n) is 7.73. The summed E-state index contributed by atoms with van der Waals surface area (Å²) >= 11 is 1.99. The average molecular weight is 463 g/mol. The van der Waals surface area contributed by atoms with Crippen LogP contribution in [-0.2, 0) is 14.6 Å². The van der Waals surface area contributed by atoms with Crippen LogP contribution in [0.2, 0.25) is 0 Å². The molecular weight excluding hydrogens is 429 g/mol. The summed E-state index contributed by atoms with van der Waals surface area (Å²) in [5.41, 5.74) is 0.0300. The maximum Gasteiger partial charge on any atom is 0.241 e. The van der Waals surface area contributed by atoms with Gasteiger partial charge in [0.15, 0.2) is 14.6 Å². The molecule has 1 amide bonds. The number of hydrogen-bond acceptors (Lipinski definition) is 6. The molecule has 1 saturated carbocycles. The minimum Gasteiger partial charge on any atom is -0.353 e. The molecule has 0 bridgehead atoms. The Morgan fingerprint density at radius 2 is 1.63 bits per heavy atom. The number of carbonyl (C=O) groups excluding carboxylic acids is 1. The zero-order chi connectivity index (χ0) is 18.0. The monoisotopic (exact) mass is 461 g/mol. The smallest absolute Gasteiger partial charge is 0.241 e. The molecular formula is C17H33Cl2N3O3S2. The van der Waals surface area contributed by atoms with Crippen LogP contribution in [0.5, 0.6) is 0 Å². The predicted octanol–water partition coefficient (Wildman–Crippen LogP) is 1.47. The fourth-order valence-electron chi connectivity index (χ4n) is 4.68. The molecule has 27 heavy (non-hydrogen) atoms. The van der Waals surface area contributed by atoms with Gasteiger partial charge in [-0.15, -0.1) is 24.8 Å². The average Bonchev–Trinajstić information content (AvgIpc) is 3.10. The lowest BCUT2D eigenvalue weighted by Crippen LogP contribution is -2.61. The highest BCUT2D eigenvalue weighted by Gasteiger charge is 2.49. The molecule has 2 heterocycles. The molecule has 2 aliphatic heterocycles. The van der Waals surface area contributed by atoms with E-state index in [1.54, 1.807) is 0 Å². The first-order valence-corrected chi connectivity index (χ1v) is 12.5. The number of nitrogens with zero attached hydrogens (tertiary/aromatic N) is 1.